The Balaban J connectivity index is 1.75. The lowest BCUT2D eigenvalue weighted by atomic mass is 10.2. The highest BCUT2D eigenvalue weighted by molar-refractivity contribution is 5.92. The molecular weight excluding hydrogens is 427 g/mol. The average molecular weight is 452 g/mol. The smallest absolute Gasteiger partial charge is 0.411 e. The second-order valence-electron chi connectivity index (χ2n) is 6.81. The van der Waals surface area contributed by atoms with Crippen LogP contribution in [-0.2, 0) is 9.53 Å². The zero-order valence-corrected chi connectivity index (χ0v) is 17.0. The molecule has 174 valence electrons. The van der Waals surface area contributed by atoms with Gasteiger partial charge in [-0.25, -0.2) is 0 Å². The number of ether oxygens (including phenoxy) is 3. The molecule has 11 heteroatoms. The molecule has 0 atom stereocenters. The molecule has 1 aliphatic heterocycles. The van der Waals surface area contributed by atoms with Gasteiger partial charge in [-0.05, 0) is 30.2 Å². The molecule has 1 heterocycles. The maximum atomic E-state index is 12.4. The number of carbonyl (C=O) groups excluding carboxylic acids is 1. The van der Waals surface area contributed by atoms with Gasteiger partial charge in [-0.1, -0.05) is 6.07 Å². The maximum absolute atomic E-state index is 12.4. The summed E-state index contributed by atoms with van der Waals surface area (Å²) in [5.74, 6) is -0.163. The van der Waals surface area contributed by atoms with Crippen LogP contribution in [0, 0.1) is 0 Å². The minimum Gasteiger partial charge on any atom is -0.493 e. The van der Waals surface area contributed by atoms with Gasteiger partial charge in [0.2, 0.25) is 5.91 Å². The average Bonchev–Trinajstić information content (AvgIpc) is 2.71. The lowest BCUT2D eigenvalue weighted by Gasteiger charge is -2.34. The molecule has 0 aromatic heterocycles. The molecule has 0 radical (unpaired) electrons. The van der Waals surface area contributed by atoms with Gasteiger partial charge in [-0.3, -0.25) is 9.69 Å². The third-order valence-corrected chi connectivity index (χ3v) is 4.53. The van der Waals surface area contributed by atoms with Crippen LogP contribution in [0.2, 0.25) is 0 Å². The van der Waals surface area contributed by atoms with Gasteiger partial charge in [0.05, 0.1) is 7.11 Å². The normalized spacial score (nSPS) is 15.6. The van der Waals surface area contributed by atoms with E-state index >= 15 is 0 Å². The first kappa shape index (κ1) is 24.9. The highest BCUT2D eigenvalue weighted by Gasteiger charge is 2.27. The van der Waals surface area contributed by atoms with Crippen molar-refractivity contribution in [2.24, 2.45) is 0 Å². The Morgan fingerprint density at radius 1 is 1.16 bits per heavy atom. The first-order valence-electron chi connectivity index (χ1n) is 9.64. The lowest BCUT2D eigenvalue weighted by molar-refractivity contribution is -0.174. The molecule has 6 nitrogen and oxygen atoms in total. The number of benzene rings is 1. The molecule has 1 aliphatic rings. The summed E-state index contributed by atoms with van der Waals surface area (Å²) in [6.45, 7) is -1.35. The largest absolute Gasteiger partial charge is 0.493 e. The van der Waals surface area contributed by atoms with Crippen molar-refractivity contribution < 1.29 is 41.0 Å². The molecule has 31 heavy (non-hydrogen) atoms. The van der Waals surface area contributed by atoms with E-state index in [1.165, 1.54) is 31.4 Å². The number of halogens is 5. The Hall–Kier alpha value is -2.40. The van der Waals surface area contributed by atoms with Crippen LogP contribution in [0.4, 0.5) is 22.0 Å². The monoisotopic (exact) mass is 452 g/mol. The van der Waals surface area contributed by atoms with Gasteiger partial charge in [0.15, 0.2) is 11.5 Å². The van der Waals surface area contributed by atoms with Gasteiger partial charge in [0, 0.05) is 45.4 Å². The SMILES string of the molecule is COc1cc(/C=C/C(=O)N2CCN(CCCOCC(F)(F)F)CC2)ccc1OC(F)F. The lowest BCUT2D eigenvalue weighted by Crippen LogP contribution is -2.48. The van der Waals surface area contributed by atoms with Crippen LogP contribution in [-0.4, -0.2) is 81.5 Å². The molecule has 0 saturated carbocycles. The third-order valence-electron chi connectivity index (χ3n) is 4.53. The Labute approximate surface area is 177 Å². The molecule has 0 aliphatic carbocycles. The van der Waals surface area contributed by atoms with Gasteiger partial charge in [0.25, 0.3) is 0 Å². The Bertz CT molecular complexity index is 735. The summed E-state index contributed by atoms with van der Waals surface area (Å²) in [6.07, 6.45) is -0.881. The van der Waals surface area contributed by atoms with E-state index in [1.54, 1.807) is 11.0 Å². The van der Waals surface area contributed by atoms with Crippen LogP contribution in [0.5, 0.6) is 11.5 Å². The Morgan fingerprint density at radius 2 is 1.87 bits per heavy atom. The number of carbonyl (C=O) groups is 1. The van der Waals surface area contributed by atoms with Gasteiger partial charge in [-0.2, -0.15) is 22.0 Å². The standard InChI is InChI=1S/C20H25F5N2O4/c1-29-17-13-15(3-5-16(17)31-19(21)22)4-6-18(28)27-10-8-26(9-11-27)7-2-12-30-14-20(23,24)25/h3-6,13,19H,2,7-12,14H2,1H3/b6-4+. The van der Waals surface area contributed by atoms with Crippen molar-refractivity contribution in [1.29, 1.82) is 0 Å². The fourth-order valence-corrected chi connectivity index (χ4v) is 3.02. The minimum absolute atomic E-state index is 0.0337. The van der Waals surface area contributed by atoms with E-state index in [2.05, 4.69) is 14.4 Å². The number of nitrogens with zero attached hydrogens (tertiary/aromatic N) is 2. The Kier molecular flexibility index (Phi) is 9.50. The number of methoxy groups -OCH3 is 1. The minimum atomic E-state index is -4.31. The van der Waals surface area contributed by atoms with Gasteiger partial charge < -0.3 is 19.1 Å². The molecule has 0 spiro atoms. The summed E-state index contributed by atoms with van der Waals surface area (Å²) in [5.41, 5.74) is 0.587. The van der Waals surface area contributed by atoms with E-state index in [-0.39, 0.29) is 24.0 Å². The van der Waals surface area contributed by atoms with Crippen LogP contribution >= 0.6 is 0 Å². The van der Waals surface area contributed by atoms with Crippen molar-refractivity contribution in [3.8, 4) is 11.5 Å². The highest BCUT2D eigenvalue weighted by Crippen LogP contribution is 2.29. The third kappa shape index (κ3) is 9.09. The first-order valence-corrected chi connectivity index (χ1v) is 9.64. The summed E-state index contributed by atoms with van der Waals surface area (Å²) < 4.78 is 74.8. The predicted octanol–water partition coefficient (Wildman–Crippen LogP) is 3.42. The molecular formula is C20H25F5N2O4. The molecule has 1 amide bonds. The first-order chi connectivity index (χ1) is 14.7. The van der Waals surface area contributed by atoms with Crippen LogP contribution in [0.25, 0.3) is 6.08 Å². The van der Waals surface area contributed by atoms with E-state index in [0.29, 0.717) is 44.7 Å². The summed E-state index contributed by atoms with van der Waals surface area (Å²) in [6, 6.07) is 4.36. The van der Waals surface area contributed by atoms with E-state index in [9.17, 15) is 26.7 Å². The number of piperazine rings is 1. The van der Waals surface area contributed by atoms with E-state index in [1.807, 2.05) is 0 Å². The molecule has 1 aromatic rings. The van der Waals surface area contributed by atoms with Crippen molar-refractivity contribution in [3.05, 3.63) is 29.8 Å². The second-order valence-corrected chi connectivity index (χ2v) is 6.81. The molecule has 1 saturated heterocycles. The van der Waals surface area contributed by atoms with Crippen molar-refractivity contribution in [3.63, 3.8) is 0 Å². The highest BCUT2D eigenvalue weighted by atomic mass is 19.4. The summed E-state index contributed by atoms with van der Waals surface area (Å²) >= 11 is 0. The number of hydrogen-bond donors (Lipinski definition) is 0. The Morgan fingerprint density at radius 3 is 2.48 bits per heavy atom. The number of alkyl halides is 5. The number of hydrogen-bond acceptors (Lipinski definition) is 5. The quantitative estimate of drug-likeness (QED) is 0.309. The summed E-state index contributed by atoms with van der Waals surface area (Å²) in [4.78, 5) is 16.1. The van der Waals surface area contributed by atoms with E-state index < -0.39 is 19.4 Å². The van der Waals surface area contributed by atoms with Gasteiger partial charge in [-0.15, -0.1) is 0 Å². The topological polar surface area (TPSA) is 51.2 Å². The van der Waals surface area contributed by atoms with Crippen LogP contribution in [0.15, 0.2) is 24.3 Å². The zero-order chi connectivity index (χ0) is 22.9. The van der Waals surface area contributed by atoms with Crippen LogP contribution < -0.4 is 9.47 Å². The molecule has 1 aromatic carbocycles. The molecule has 2 rings (SSSR count). The fourth-order valence-electron chi connectivity index (χ4n) is 3.02. The molecule has 0 bridgehead atoms. The second kappa shape index (κ2) is 11.8. The van der Waals surface area contributed by atoms with Crippen molar-refractivity contribution in [1.82, 2.24) is 9.80 Å². The fraction of sp³-hybridized carbons (Fsp3) is 0.550. The van der Waals surface area contributed by atoms with E-state index in [4.69, 9.17) is 4.74 Å². The molecule has 1 fully saturated rings. The molecule has 0 unspecified atom stereocenters. The summed E-state index contributed by atoms with van der Waals surface area (Å²) in [5, 5.41) is 0. The molecule has 0 N–H and O–H groups in total. The van der Waals surface area contributed by atoms with E-state index in [0.717, 1.165) is 0 Å². The van der Waals surface area contributed by atoms with Crippen molar-refractivity contribution in [2.75, 3.05) is 53.0 Å². The zero-order valence-electron chi connectivity index (χ0n) is 17.0. The predicted molar refractivity (Wildman–Crippen MR) is 103 cm³/mol. The van der Waals surface area contributed by atoms with Crippen LogP contribution in [0.1, 0.15) is 12.0 Å². The number of amides is 1. The van der Waals surface area contributed by atoms with Gasteiger partial charge >= 0.3 is 12.8 Å². The summed E-state index contributed by atoms with van der Waals surface area (Å²) in [7, 11) is 1.33. The number of rotatable bonds is 10. The maximum Gasteiger partial charge on any atom is 0.411 e. The van der Waals surface area contributed by atoms with Crippen molar-refractivity contribution >= 4 is 12.0 Å². The van der Waals surface area contributed by atoms with Crippen molar-refractivity contribution in [2.45, 2.75) is 19.2 Å². The van der Waals surface area contributed by atoms with Crippen LogP contribution in [0.3, 0.4) is 0 Å². The van der Waals surface area contributed by atoms with Gasteiger partial charge in [0.1, 0.15) is 6.61 Å².